The minimum Gasteiger partial charge on any atom is -0.348 e. The maximum atomic E-state index is 12.5. The van der Waals surface area contributed by atoms with E-state index in [4.69, 9.17) is 11.6 Å². The fraction of sp³-hybridized carbons (Fsp3) is 0.100. The van der Waals surface area contributed by atoms with Gasteiger partial charge in [0, 0.05) is 24.5 Å². The second-order valence-electron chi connectivity index (χ2n) is 6.10. The number of carbonyl (C=O) groups is 1. The molecule has 8 heteroatoms. The third-order valence-electron chi connectivity index (χ3n) is 4.05. The number of aryl methyl sites for hydroxylation is 1. The Hall–Kier alpha value is -2.90. The molecule has 0 aliphatic heterocycles. The standard InChI is InChI=1S/C20H18ClN3O3S/c1-14-4-7-17(8-5-14)24(28(26)27)19-11-16(6-9-18(19)21)20(25)23-13-15-3-2-10-22-12-15/h2-12,28H,13H2,1H3,(H,23,25). The van der Waals surface area contributed by atoms with E-state index < -0.39 is 10.9 Å². The molecule has 0 bridgehead atoms. The summed E-state index contributed by atoms with van der Waals surface area (Å²) in [5, 5.41) is 3.01. The van der Waals surface area contributed by atoms with Crippen molar-refractivity contribution in [1.29, 1.82) is 0 Å². The lowest BCUT2D eigenvalue weighted by Gasteiger charge is -2.20. The summed E-state index contributed by atoms with van der Waals surface area (Å²) in [5.74, 6) is -0.341. The highest BCUT2D eigenvalue weighted by atomic mass is 35.5. The van der Waals surface area contributed by atoms with Crippen molar-refractivity contribution >= 4 is 39.8 Å². The summed E-state index contributed by atoms with van der Waals surface area (Å²) in [7, 11) is -3.01. The summed E-state index contributed by atoms with van der Waals surface area (Å²) < 4.78 is 24.9. The Labute approximate surface area is 169 Å². The molecule has 144 valence electrons. The van der Waals surface area contributed by atoms with Crippen molar-refractivity contribution < 1.29 is 13.2 Å². The van der Waals surface area contributed by atoms with Crippen LogP contribution in [0.25, 0.3) is 0 Å². The van der Waals surface area contributed by atoms with Crippen LogP contribution in [0.15, 0.2) is 67.0 Å². The first kappa shape index (κ1) is 19.9. The van der Waals surface area contributed by atoms with Gasteiger partial charge in [-0.1, -0.05) is 35.4 Å². The third-order valence-corrected chi connectivity index (χ3v) is 5.15. The molecule has 28 heavy (non-hydrogen) atoms. The molecule has 0 atom stereocenters. The number of hydrogen-bond acceptors (Lipinski definition) is 4. The molecule has 3 aromatic rings. The van der Waals surface area contributed by atoms with Gasteiger partial charge >= 0.3 is 0 Å². The predicted octanol–water partition coefficient (Wildman–Crippen LogP) is 3.64. The molecule has 1 aromatic heterocycles. The molecule has 0 aliphatic rings. The van der Waals surface area contributed by atoms with E-state index in [9.17, 15) is 13.2 Å². The lowest BCUT2D eigenvalue weighted by molar-refractivity contribution is 0.0951. The highest BCUT2D eigenvalue weighted by molar-refractivity contribution is 7.74. The summed E-state index contributed by atoms with van der Waals surface area (Å²) in [6, 6.07) is 15.1. The topological polar surface area (TPSA) is 79.4 Å². The molecule has 1 heterocycles. The molecule has 0 saturated heterocycles. The van der Waals surface area contributed by atoms with Crippen LogP contribution < -0.4 is 9.62 Å². The van der Waals surface area contributed by atoms with Crippen molar-refractivity contribution in [3.8, 4) is 0 Å². The second kappa shape index (κ2) is 8.86. The second-order valence-corrected chi connectivity index (χ2v) is 7.38. The molecule has 1 amide bonds. The first-order valence-electron chi connectivity index (χ1n) is 8.43. The minimum atomic E-state index is -3.01. The predicted molar refractivity (Wildman–Crippen MR) is 110 cm³/mol. The smallest absolute Gasteiger partial charge is 0.251 e. The Morgan fingerprint density at radius 3 is 2.54 bits per heavy atom. The van der Waals surface area contributed by atoms with Crippen LogP contribution >= 0.6 is 11.6 Å². The zero-order valence-corrected chi connectivity index (χ0v) is 16.7. The molecule has 0 aliphatic carbocycles. The Kier molecular flexibility index (Phi) is 6.28. The number of rotatable bonds is 6. The van der Waals surface area contributed by atoms with Crippen LogP contribution in [0.2, 0.25) is 5.02 Å². The quantitative estimate of drug-likeness (QED) is 0.602. The van der Waals surface area contributed by atoms with Gasteiger partial charge in [-0.2, -0.15) is 0 Å². The summed E-state index contributed by atoms with van der Waals surface area (Å²) >= 11 is 6.24. The largest absolute Gasteiger partial charge is 0.348 e. The van der Waals surface area contributed by atoms with Gasteiger partial charge in [-0.15, -0.1) is 0 Å². The van der Waals surface area contributed by atoms with Crippen molar-refractivity contribution in [2.24, 2.45) is 0 Å². The van der Waals surface area contributed by atoms with Crippen LogP contribution in [0, 0.1) is 6.92 Å². The van der Waals surface area contributed by atoms with Crippen molar-refractivity contribution in [2.75, 3.05) is 4.31 Å². The first-order valence-corrected chi connectivity index (χ1v) is 9.94. The summed E-state index contributed by atoms with van der Waals surface area (Å²) in [6.07, 6.45) is 3.31. The van der Waals surface area contributed by atoms with Gasteiger partial charge in [0.2, 0.25) is 10.9 Å². The number of benzene rings is 2. The van der Waals surface area contributed by atoms with Gasteiger partial charge in [0.1, 0.15) is 0 Å². The number of anilines is 2. The van der Waals surface area contributed by atoms with E-state index in [0.29, 0.717) is 17.8 Å². The van der Waals surface area contributed by atoms with Crippen molar-refractivity contribution in [2.45, 2.75) is 13.5 Å². The van der Waals surface area contributed by atoms with E-state index in [0.717, 1.165) is 15.4 Å². The van der Waals surface area contributed by atoms with Crippen LogP contribution in [-0.2, 0) is 17.4 Å². The summed E-state index contributed by atoms with van der Waals surface area (Å²) in [4.78, 5) is 16.5. The van der Waals surface area contributed by atoms with Gasteiger partial charge in [0.25, 0.3) is 5.91 Å². The van der Waals surface area contributed by atoms with Crippen molar-refractivity contribution in [3.05, 3.63) is 88.7 Å². The number of halogens is 1. The van der Waals surface area contributed by atoms with Crippen LogP contribution in [0.5, 0.6) is 0 Å². The number of nitrogens with one attached hydrogen (secondary N) is 1. The zero-order chi connectivity index (χ0) is 20.1. The van der Waals surface area contributed by atoms with E-state index in [1.165, 1.54) is 12.1 Å². The van der Waals surface area contributed by atoms with Crippen molar-refractivity contribution in [1.82, 2.24) is 10.3 Å². The number of hydrogen-bond donors (Lipinski definition) is 2. The highest BCUT2D eigenvalue weighted by Crippen LogP contribution is 2.33. The molecule has 0 saturated carbocycles. The fourth-order valence-electron chi connectivity index (χ4n) is 2.61. The van der Waals surface area contributed by atoms with Gasteiger partial charge in [0.05, 0.1) is 16.4 Å². The third kappa shape index (κ3) is 4.68. The SMILES string of the molecule is Cc1ccc(N(c2cc(C(=O)NCc3cccnc3)ccc2Cl)[SH](=O)=O)cc1. The molecule has 1 N–H and O–H groups in total. The lowest BCUT2D eigenvalue weighted by Crippen LogP contribution is -2.23. The number of amides is 1. The summed E-state index contributed by atoms with van der Waals surface area (Å²) in [5.41, 5.74) is 2.82. The zero-order valence-electron chi connectivity index (χ0n) is 15.0. The molecule has 0 unspecified atom stereocenters. The Balaban J connectivity index is 1.89. The van der Waals surface area contributed by atoms with E-state index in [1.807, 2.05) is 13.0 Å². The van der Waals surface area contributed by atoms with Gasteiger partial charge in [0.15, 0.2) is 0 Å². The van der Waals surface area contributed by atoms with E-state index in [2.05, 4.69) is 10.3 Å². The number of carbonyl (C=O) groups excluding carboxylic acids is 1. The maximum Gasteiger partial charge on any atom is 0.251 e. The number of pyridine rings is 1. The average molecular weight is 416 g/mol. The molecule has 3 rings (SSSR count). The Morgan fingerprint density at radius 2 is 1.89 bits per heavy atom. The van der Waals surface area contributed by atoms with E-state index >= 15 is 0 Å². The van der Waals surface area contributed by atoms with Crippen LogP contribution in [-0.4, -0.2) is 19.3 Å². The molecule has 0 spiro atoms. The fourth-order valence-corrected chi connectivity index (χ4v) is 3.53. The van der Waals surface area contributed by atoms with Gasteiger partial charge in [-0.25, -0.2) is 12.7 Å². The normalized spacial score (nSPS) is 10.7. The van der Waals surface area contributed by atoms with Gasteiger partial charge < -0.3 is 5.32 Å². The highest BCUT2D eigenvalue weighted by Gasteiger charge is 2.18. The molecule has 6 nitrogen and oxygen atoms in total. The monoisotopic (exact) mass is 415 g/mol. The lowest BCUT2D eigenvalue weighted by atomic mass is 10.1. The number of thiol groups is 1. The van der Waals surface area contributed by atoms with Crippen LogP contribution in [0.3, 0.4) is 0 Å². The minimum absolute atomic E-state index is 0.218. The molecule has 0 fully saturated rings. The molecule has 2 aromatic carbocycles. The first-order chi connectivity index (χ1) is 13.5. The van der Waals surface area contributed by atoms with Crippen molar-refractivity contribution in [3.63, 3.8) is 0 Å². The van der Waals surface area contributed by atoms with Crippen LogP contribution in [0.4, 0.5) is 11.4 Å². The summed E-state index contributed by atoms with van der Waals surface area (Å²) in [6.45, 7) is 2.22. The Morgan fingerprint density at radius 1 is 1.14 bits per heavy atom. The maximum absolute atomic E-state index is 12.5. The number of aromatic nitrogens is 1. The van der Waals surface area contributed by atoms with Gasteiger partial charge in [-0.05, 0) is 48.9 Å². The Bertz CT molecular complexity index is 1050. The molecular weight excluding hydrogens is 398 g/mol. The van der Waals surface area contributed by atoms with E-state index in [1.54, 1.807) is 48.8 Å². The van der Waals surface area contributed by atoms with Gasteiger partial charge in [-0.3, -0.25) is 9.78 Å². The van der Waals surface area contributed by atoms with E-state index in [-0.39, 0.29) is 16.6 Å². The average Bonchev–Trinajstić information content (AvgIpc) is 2.70. The molecular formula is C20H18ClN3O3S. The number of nitrogens with zero attached hydrogens (tertiary/aromatic N) is 2. The molecule has 0 radical (unpaired) electrons. The van der Waals surface area contributed by atoms with Crippen LogP contribution in [0.1, 0.15) is 21.5 Å².